The molecular weight excluding hydrogens is 312 g/mol. The number of carbonyl (C=O) groups excluding carboxylic acids is 2. The molecule has 132 valence electrons. The summed E-state index contributed by atoms with van der Waals surface area (Å²) in [6.45, 7) is 8.05. The minimum Gasteiger partial charge on any atom is -0.340 e. The quantitative estimate of drug-likeness (QED) is 0.835. The third-order valence-electron chi connectivity index (χ3n) is 4.27. The zero-order valence-electron chi connectivity index (χ0n) is 15.7. The van der Waals surface area contributed by atoms with Gasteiger partial charge in [-0.1, -0.05) is 48.0 Å². The Kier molecular flexibility index (Phi) is 5.97. The lowest BCUT2D eigenvalue weighted by atomic mass is 10.0. The molecule has 2 aromatic carbocycles. The average molecular weight is 338 g/mol. The van der Waals surface area contributed by atoms with E-state index in [1.54, 1.807) is 16.8 Å². The van der Waals surface area contributed by atoms with Crippen LogP contribution in [0.1, 0.15) is 29.2 Å². The van der Waals surface area contributed by atoms with Crippen molar-refractivity contribution >= 4 is 17.5 Å². The van der Waals surface area contributed by atoms with E-state index >= 15 is 0 Å². The highest BCUT2D eigenvalue weighted by Crippen LogP contribution is 2.26. The molecule has 2 aromatic rings. The van der Waals surface area contributed by atoms with Crippen molar-refractivity contribution in [3.8, 4) is 0 Å². The van der Waals surface area contributed by atoms with Crippen molar-refractivity contribution < 1.29 is 9.59 Å². The molecule has 25 heavy (non-hydrogen) atoms. The van der Waals surface area contributed by atoms with E-state index in [0.29, 0.717) is 6.54 Å². The van der Waals surface area contributed by atoms with E-state index in [1.807, 2.05) is 63.2 Å². The van der Waals surface area contributed by atoms with Gasteiger partial charge in [-0.25, -0.2) is 0 Å². The number of carbonyl (C=O) groups is 2. The van der Waals surface area contributed by atoms with Crippen LogP contribution in [0.3, 0.4) is 0 Å². The summed E-state index contributed by atoms with van der Waals surface area (Å²) < 4.78 is 0. The first-order valence-electron chi connectivity index (χ1n) is 8.43. The van der Waals surface area contributed by atoms with Crippen LogP contribution in [0.4, 0.5) is 5.69 Å². The SMILES string of the molecule is CC(=O)N(CC(=O)N(C)Cc1ccccc1)c1c(C)cc(C)cc1C. The molecule has 0 spiro atoms. The van der Waals surface area contributed by atoms with Crippen LogP contribution in [0.15, 0.2) is 42.5 Å². The Bertz CT molecular complexity index is 746. The molecular formula is C21H26N2O2. The molecule has 0 saturated carbocycles. The lowest BCUT2D eigenvalue weighted by Gasteiger charge is -2.27. The molecule has 0 N–H and O–H groups in total. The zero-order chi connectivity index (χ0) is 18.6. The number of amides is 2. The molecule has 4 heteroatoms. The maximum Gasteiger partial charge on any atom is 0.242 e. The van der Waals surface area contributed by atoms with E-state index in [4.69, 9.17) is 0 Å². The van der Waals surface area contributed by atoms with Gasteiger partial charge in [0, 0.05) is 20.5 Å². The lowest BCUT2D eigenvalue weighted by molar-refractivity contribution is -0.130. The summed E-state index contributed by atoms with van der Waals surface area (Å²) in [5.74, 6) is -0.213. The zero-order valence-corrected chi connectivity index (χ0v) is 15.7. The van der Waals surface area contributed by atoms with Gasteiger partial charge in [-0.2, -0.15) is 0 Å². The molecule has 0 aliphatic carbocycles. The number of anilines is 1. The summed E-state index contributed by atoms with van der Waals surface area (Å²) in [5.41, 5.74) is 5.06. The summed E-state index contributed by atoms with van der Waals surface area (Å²) in [4.78, 5) is 28.1. The number of nitrogens with zero attached hydrogens (tertiary/aromatic N) is 2. The van der Waals surface area contributed by atoms with Crippen molar-refractivity contribution in [2.24, 2.45) is 0 Å². The average Bonchev–Trinajstić information content (AvgIpc) is 2.53. The first-order valence-corrected chi connectivity index (χ1v) is 8.43. The smallest absolute Gasteiger partial charge is 0.242 e. The Labute approximate surface area is 150 Å². The maximum atomic E-state index is 12.7. The Morgan fingerprint density at radius 2 is 1.52 bits per heavy atom. The van der Waals surface area contributed by atoms with Crippen LogP contribution >= 0.6 is 0 Å². The fraction of sp³-hybridized carbons (Fsp3) is 0.333. The van der Waals surface area contributed by atoms with Crippen LogP contribution in [0.25, 0.3) is 0 Å². The van der Waals surface area contributed by atoms with Crippen LogP contribution in [0, 0.1) is 20.8 Å². The third-order valence-corrected chi connectivity index (χ3v) is 4.27. The van der Waals surface area contributed by atoms with Crippen molar-refractivity contribution in [2.75, 3.05) is 18.5 Å². The molecule has 4 nitrogen and oxygen atoms in total. The standard InChI is InChI=1S/C21H26N2O2/c1-15-11-16(2)21(17(3)12-15)23(18(4)24)14-20(25)22(5)13-19-9-7-6-8-10-19/h6-12H,13-14H2,1-5H3. The van der Waals surface area contributed by atoms with Crippen LogP contribution in [-0.4, -0.2) is 30.3 Å². The fourth-order valence-corrected chi connectivity index (χ4v) is 3.15. The molecule has 0 radical (unpaired) electrons. The van der Waals surface area contributed by atoms with E-state index in [-0.39, 0.29) is 18.4 Å². The second kappa shape index (κ2) is 7.97. The topological polar surface area (TPSA) is 40.6 Å². The van der Waals surface area contributed by atoms with Gasteiger partial charge in [0.15, 0.2) is 0 Å². The highest BCUT2D eigenvalue weighted by atomic mass is 16.2. The van der Waals surface area contributed by atoms with Crippen molar-refractivity contribution in [2.45, 2.75) is 34.2 Å². The van der Waals surface area contributed by atoms with E-state index < -0.39 is 0 Å². The molecule has 0 atom stereocenters. The van der Waals surface area contributed by atoms with Crippen molar-refractivity contribution in [3.05, 3.63) is 64.7 Å². The lowest BCUT2D eigenvalue weighted by Crippen LogP contribution is -2.41. The molecule has 0 aromatic heterocycles. The van der Waals surface area contributed by atoms with Crippen LogP contribution in [-0.2, 0) is 16.1 Å². The van der Waals surface area contributed by atoms with E-state index in [0.717, 1.165) is 27.9 Å². The number of benzene rings is 2. The molecule has 2 rings (SSSR count). The highest BCUT2D eigenvalue weighted by Gasteiger charge is 2.21. The maximum absolute atomic E-state index is 12.7. The first-order chi connectivity index (χ1) is 11.8. The van der Waals surface area contributed by atoms with Gasteiger partial charge in [0.1, 0.15) is 6.54 Å². The van der Waals surface area contributed by atoms with E-state index in [2.05, 4.69) is 0 Å². The van der Waals surface area contributed by atoms with Crippen LogP contribution in [0.2, 0.25) is 0 Å². The molecule has 0 aliphatic rings. The Balaban J connectivity index is 2.19. The Hall–Kier alpha value is -2.62. The first kappa shape index (κ1) is 18.7. The number of rotatable bonds is 5. The molecule has 0 saturated heterocycles. The molecule has 0 unspecified atom stereocenters. The molecule has 0 aliphatic heterocycles. The Morgan fingerprint density at radius 3 is 2.04 bits per heavy atom. The van der Waals surface area contributed by atoms with Gasteiger partial charge in [0.2, 0.25) is 11.8 Å². The molecule has 0 fully saturated rings. The van der Waals surface area contributed by atoms with Gasteiger partial charge in [-0.15, -0.1) is 0 Å². The second-order valence-electron chi connectivity index (χ2n) is 6.59. The molecule has 0 heterocycles. The van der Waals surface area contributed by atoms with Crippen molar-refractivity contribution in [1.82, 2.24) is 4.90 Å². The normalized spacial score (nSPS) is 10.4. The van der Waals surface area contributed by atoms with E-state index in [9.17, 15) is 9.59 Å². The summed E-state index contributed by atoms with van der Waals surface area (Å²) in [7, 11) is 1.77. The van der Waals surface area contributed by atoms with Gasteiger partial charge in [-0.05, 0) is 37.5 Å². The largest absolute Gasteiger partial charge is 0.340 e. The number of hydrogen-bond acceptors (Lipinski definition) is 2. The minimum absolute atomic E-state index is 0.0450. The van der Waals surface area contributed by atoms with Gasteiger partial charge in [0.25, 0.3) is 0 Å². The van der Waals surface area contributed by atoms with E-state index in [1.165, 1.54) is 6.92 Å². The summed E-state index contributed by atoms with van der Waals surface area (Å²) in [6, 6.07) is 13.9. The number of hydrogen-bond donors (Lipinski definition) is 0. The second-order valence-corrected chi connectivity index (χ2v) is 6.59. The van der Waals surface area contributed by atoms with Gasteiger partial charge in [-0.3, -0.25) is 9.59 Å². The Morgan fingerprint density at radius 1 is 0.960 bits per heavy atom. The van der Waals surface area contributed by atoms with Crippen molar-refractivity contribution in [1.29, 1.82) is 0 Å². The third kappa shape index (κ3) is 4.69. The summed E-state index contributed by atoms with van der Waals surface area (Å²) in [5, 5.41) is 0. The molecule has 0 bridgehead atoms. The van der Waals surface area contributed by atoms with Crippen LogP contribution < -0.4 is 4.90 Å². The van der Waals surface area contributed by atoms with Crippen molar-refractivity contribution in [3.63, 3.8) is 0 Å². The predicted octanol–water partition coefficient (Wildman–Crippen LogP) is 3.62. The highest BCUT2D eigenvalue weighted by molar-refractivity contribution is 5.98. The molecule has 2 amide bonds. The number of aryl methyl sites for hydroxylation is 3. The predicted molar refractivity (Wildman–Crippen MR) is 102 cm³/mol. The summed E-state index contributed by atoms with van der Waals surface area (Å²) >= 11 is 0. The monoisotopic (exact) mass is 338 g/mol. The summed E-state index contributed by atoms with van der Waals surface area (Å²) in [6.07, 6.45) is 0. The van der Waals surface area contributed by atoms with Gasteiger partial charge in [0.05, 0.1) is 5.69 Å². The fourth-order valence-electron chi connectivity index (χ4n) is 3.15. The van der Waals surface area contributed by atoms with Gasteiger partial charge >= 0.3 is 0 Å². The van der Waals surface area contributed by atoms with Crippen LogP contribution in [0.5, 0.6) is 0 Å². The number of likely N-dealkylation sites (N-methyl/N-ethyl adjacent to an activating group) is 1. The van der Waals surface area contributed by atoms with Gasteiger partial charge < -0.3 is 9.80 Å². The minimum atomic E-state index is -0.128.